The van der Waals surface area contributed by atoms with E-state index in [1.54, 1.807) is 18.2 Å². The SMILES string of the molecule is COc1ccc(OC)c(NC(=O)C(C)OC(=O)c2c(-n3cccc3)sc(C)c2C)c1. The van der Waals surface area contributed by atoms with Crippen LogP contribution in [0, 0.1) is 13.8 Å². The van der Waals surface area contributed by atoms with Crippen molar-refractivity contribution in [2.45, 2.75) is 26.9 Å². The molecule has 0 bridgehead atoms. The fraction of sp³-hybridized carbons (Fsp3) is 0.273. The number of carbonyl (C=O) groups is 2. The lowest BCUT2D eigenvalue weighted by molar-refractivity contribution is -0.123. The van der Waals surface area contributed by atoms with Gasteiger partial charge < -0.3 is 24.1 Å². The second kappa shape index (κ2) is 9.04. The molecule has 2 aromatic heterocycles. The average Bonchev–Trinajstić information content (AvgIpc) is 3.36. The topological polar surface area (TPSA) is 78.8 Å². The maximum atomic E-state index is 12.9. The lowest BCUT2D eigenvalue weighted by Gasteiger charge is -2.16. The first-order valence-corrected chi connectivity index (χ1v) is 10.1. The standard InChI is InChI=1S/C22H24N2O5S/c1-13-15(3)30-21(24-10-6-7-11-24)19(13)22(26)29-14(2)20(25)23-17-12-16(27-4)8-9-18(17)28-5/h6-12,14H,1-5H3,(H,23,25). The zero-order valence-electron chi connectivity index (χ0n) is 17.5. The minimum absolute atomic E-state index is 0.431. The Morgan fingerprint density at radius 1 is 1.10 bits per heavy atom. The molecule has 1 amide bonds. The molecule has 0 aliphatic rings. The summed E-state index contributed by atoms with van der Waals surface area (Å²) < 4.78 is 17.8. The van der Waals surface area contributed by atoms with E-state index in [9.17, 15) is 9.59 Å². The molecule has 7 nitrogen and oxygen atoms in total. The van der Waals surface area contributed by atoms with Crippen molar-refractivity contribution in [1.29, 1.82) is 0 Å². The molecule has 0 aliphatic carbocycles. The normalized spacial score (nSPS) is 11.6. The van der Waals surface area contributed by atoms with Crippen LogP contribution in [0.5, 0.6) is 11.5 Å². The third-order valence-electron chi connectivity index (χ3n) is 4.73. The number of esters is 1. The van der Waals surface area contributed by atoms with Gasteiger partial charge in [0.15, 0.2) is 6.10 Å². The average molecular weight is 429 g/mol. The van der Waals surface area contributed by atoms with Crippen molar-refractivity contribution in [3.05, 3.63) is 58.7 Å². The first kappa shape index (κ1) is 21.4. The first-order chi connectivity index (χ1) is 14.3. The minimum Gasteiger partial charge on any atom is -0.497 e. The Balaban J connectivity index is 1.78. The van der Waals surface area contributed by atoms with Crippen molar-refractivity contribution in [2.75, 3.05) is 19.5 Å². The molecule has 3 rings (SSSR count). The summed E-state index contributed by atoms with van der Waals surface area (Å²) in [5.41, 5.74) is 1.74. The number of amides is 1. The molecule has 0 fully saturated rings. The Bertz CT molecular complexity index is 1060. The number of ether oxygens (including phenoxy) is 3. The molecule has 0 saturated carbocycles. The predicted octanol–water partition coefficient (Wildman–Crippen LogP) is 4.36. The second-order valence-corrected chi connectivity index (χ2v) is 7.86. The van der Waals surface area contributed by atoms with Crippen molar-refractivity contribution < 1.29 is 23.8 Å². The molecule has 0 spiro atoms. The van der Waals surface area contributed by atoms with Crippen molar-refractivity contribution in [2.24, 2.45) is 0 Å². The van der Waals surface area contributed by atoms with Crippen LogP contribution in [0.2, 0.25) is 0 Å². The minimum atomic E-state index is -1.01. The summed E-state index contributed by atoms with van der Waals surface area (Å²) in [7, 11) is 3.04. The van der Waals surface area contributed by atoms with Gasteiger partial charge in [-0.1, -0.05) is 0 Å². The summed E-state index contributed by atoms with van der Waals surface area (Å²) in [6.07, 6.45) is 2.73. The Kier molecular flexibility index (Phi) is 6.47. The fourth-order valence-electron chi connectivity index (χ4n) is 2.92. The van der Waals surface area contributed by atoms with Crippen LogP contribution in [-0.2, 0) is 9.53 Å². The molecule has 30 heavy (non-hydrogen) atoms. The molecular formula is C22H24N2O5S. The van der Waals surface area contributed by atoms with Crippen LogP contribution in [0.15, 0.2) is 42.7 Å². The second-order valence-electron chi connectivity index (χ2n) is 6.66. The Hall–Kier alpha value is -3.26. The number of methoxy groups -OCH3 is 2. The molecule has 0 aliphatic heterocycles. The van der Waals surface area contributed by atoms with Crippen LogP contribution >= 0.6 is 11.3 Å². The lowest BCUT2D eigenvalue weighted by Crippen LogP contribution is -2.30. The molecule has 0 radical (unpaired) electrons. The van der Waals surface area contributed by atoms with Gasteiger partial charge in [0.25, 0.3) is 5.91 Å². The number of benzene rings is 1. The van der Waals surface area contributed by atoms with Crippen LogP contribution in [0.1, 0.15) is 27.7 Å². The van der Waals surface area contributed by atoms with Crippen molar-refractivity contribution >= 4 is 28.9 Å². The van der Waals surface area contributed by atoms with E-state index in [0.717, 1.165) is 15.4 Å². The van der Waals surface area contributed by atoms with E-state index >= 15 is 0 Å². The molecule has 1 N–H and O–H groups in total. The van der Waals surface area contributed by atoms with E-state index in [4.69, 9.17) is 14.2 Å². The molecule has 3 aromatic rings. The van der Waals surface area contributed by atoms with Gasteiger partial charge in [-0.25, -0.2) is 4.79 Å². The smallest absolute Gasteiger partial charge is 0.342 e. The van der Waals surface area contributed by atoms with Gasteiger partial charge in [-0.2, -0.15) is 0 Å². The molecule has 1 atom stereocenters. The van der Waals surface area contributed by atoms with E-state index in [-0.39, 0.29) is 0 Å². The molecule has 2 heterocycles. The van der Waals surface area contributed by atoms with Crippen LogP contribution in [0.25, 0.3) is 5.00 Å². The third kappa shape index (κ3) is 4.33. The largest absolute Gasteiger partial charge is 0.497 e. The number of hydrogen-bond acceptors (Lipinski definition) is 6. The van der Waals surface area contributed by atoms with Gasteiger partial charge in [0, 0.05) is 23.3 Å². The first-order valence-electron chi connectivity index (χ1n) is 9.33. The molecule has 8 heteroatoms. The van der Waals surface area contributed by atoms with Gasteiger partial charge in [0.2, 0.25) is 0 Å². The molecular weight excluding hydrogens is 404 g/mol. The number of aryl methyl sites for hydroxylation is 1. The molecule has 1 unspecified atom stereocenters. The Morgan fingerprint density at radius 2 is 1.80 bits per heavy atom. The number of carbonyl (C=O) groups excluding carboxylic acids is 2. The van der Waals surface area contributed by atoms with E-state index in [1.165, 1.54) is 32.5 Å². The van der Waals surface area contributed by atoms with Gasteiger partial charge in [-0.05, 0) is 50.6 Å². The van der Waals surface area contributed by atoms with Gasteiger partial charge in [-0.3, -0.25) is 4.79 Å². The maximum absolute atomic E-state index is 12.9. The van der Waals surface area contributed by atoms with Crippen LogP contribution in [0.3, 0.4) is 0 Å². The van der Waals surface area contributed by atoms with Crippen molar-refractivity contribution in [1.82, 2.24) is 4.57 Å². The highest BCUT2D eigenvalue weighted by atomic mass is 32.1. The molecule has 1 aromatic carbocycles. The van der Waals surface area contributed by atoms with Crippen LogP contribution in [0.4, 0.5) is 5.69 Å². The van der Waals surface area contributed by atoms with Crippen LogP contribution < -0.4 is 14.8 Å². The quantitative estimate of drug-likeness (QED) is 0.566. The third-order valence-corrected chi connectivity index (χ3v) is 5.95. The van der Waals surface area contributed by atoms with Gasteiger partial charge in [0.05, 0.1) is 25.5 Å². The lowest BCUT2D eigenvalue weighted by atomic mass is 10.1. The van der Waals surface area contributed by atoms with Gasteiger partial charge in [-0.15, -0.1) is 11.3 Å². The van der Waals surface area contributed by atoms with E-state index < -0.39 is 18.0 Å². The fourth-order valence-corrected chi connectivity index (χ4v) is 4.03. The maximum Gasteiger partial charge on any atom is 0.342 e. The number of anilines is 1. The van der Waals surface area contributed by atoms with Crippen molar-refractivity contribution in [3.8, 4) is 16.5 Å². The number of thiophene rings is 1. The summed E-state index contributed by atoms with van der Waals surface area (Å²) in [5, 5.41) is 3.50. The predicted molar refractivity (Wildman–Crippen MR) is 116 cm³/mol. The van der Waals surface area contributed by atoms with E-state index in [1.807, 2.05) is 42.9 Å². The monoisotopic (exact) mass is 428 g/mol. The highest BCUT2D eigenvalue weighted by Gasteiger charge is 2.26. The van der Waals surface area contributed by atoms with E-state index in [0.29, 0.717) is 22.7 Å². The summed E-state index contributed by atoms with van der Waals surface area (Å²) in [4.78, 5) is 26.6. The number of rotatable bonds is 7. The number of nitrogens with one attached hydrogen (secondary N) is 1. The Morgan fingerprint density at radius 3 is 2.43 bits per heavy atom. The summed E-state index contributed by atoms with van der Waals surface area (Å²) in [5.74, 6) is 0.0289. The number of hydrogen-bond donors (Lipinski definition) is 1. The Labute approximate surface area is 179 Å². The summed E-state index contributed by atoms with van der Waals surface area (Å²) >= 11 is 1.51. The number of aromatic nitrogens is 1. The highest BCUT2D eigenvalue weighted by Crippen LogP contribution is 2.32. The van der Waals surface area contributed by atoms with E-state index in [2.05, 4.69) is 5.32 Å². The highest BCUT2D eigenvalue weighted by molar-refractivity contribution is 7.15. The van der Waals surface area contributed by atoms with Crippen molar-refractivity contribution in [3.63, 3.8) is 0 Å². The molecule has 158 valence electrons. The van der Waals surface area contributed by atoms with Gasteiger partial charge >= 0.3 is 5.97 Å². The number of nitrogens with zero attached hydrogens (tertiary/aromatic N) is 1. The van der Waals surface area contributed by atoms with Crippen LogP contribution in [-0.4, -0.2) is 36.8 Å². The molecule has 0 saturated heterocycles. The summed E-state index contributed by atoms with van der Waals surface area (Å²) in [6, 6.07) is 8.82. The summed E-state index contributed by atoms with van der Waals surface area (Å²) in [6.45, 7) is 5.36. The van der Waals surface area contributed by atoms with Gasteiger partial charge in [0.1, 0.15) is 16.5 Å². The zero-order chi connectivity index (χ0) is 21.8. The zero-order valence-corrected chi connectivity index (χ0v) is 18.3.